The maximum atomic E-state index is 10.6. The lowest BCUT2D eigenvalue weighted by atomic mass is 10.1. The highest BCUT2D eigenvalue weighted by Gasteiger charge is 2.02. The average Bonchev–Trinajstić information content (AvgIpc) is 2.37. The number of rotatable bonds is 7. The molecule has 1 unspecified atom stereocenters. The van der Waals surface area contributed by atoms with Gasteiger partial charge >= 0.3 is 0 Å². The number of nitrogens with one attached hydrogen (secondary N) is 1. The van der Waals surface area contributed by atoms with Crippen molar-refractivity contribution < 1.29 is 8.76 Å². The quantitative estimate of drug-likeness (QED) is 0.584. The highest BCUT2D eigenvalue weighted by Crippen LogP contribution is 2.10. The fraction of sp³-hybridized carbons (Fsp3) is 0.286. The first kappa shape index (κ1) is 15.3. The van der Waals surface area contributed by atoms with Crippen LogP contribution in [0.1, 0.15) is 5.56 Å². The van der Waals surface area contributed by atoms with E-state index in [1.54, 1.807) is 12.1 Å². The van der Waals surface area contributed by atoms with Gasteiger partial charge in [0.15, 0.2) is 0 Å². The van der Waals surface area contributed by atoms with Crippen LogP contribution in [-0.4, -0.2) is 33.3 Å². The van der Waals surface area contributed by atoms with E-state index in [0.717, 1.165) is 18.5 Å². The third-order valence-electron chi connectivity index (χ3n) is 2.51. The zero-order chi connectivity index (χ0) is 14.1. The molecule has 1 rings (SSSR count). The molecule has 0 aromatic heterocycles. The molecule has 5 heteroatoms. The van der Waals surface area contributed by atoms with Gasteiger partial charge in [-0.15, -0.1) is 12.8 Å². The Bertz CT molecular complexity index is 484. The summed E-state index contributed by atoms with van der Waals surface area (Å²) >= 11 is -2.04. The predicted octanol–water partition coefficient (Wildman–Crippen LogP) is 1.35. The van der Waals surface area contributed by atoms with Crippen LogP contribution in [-0.2, 0) is 17.7 Å². The minimum Gasteiger partial charge on any atom is -0.289 e. The lowest BCUT2D eigenvalue weighted by Gasteiger charge is -2.16. The van der Waals surface area contributed by atoms with Gasteiger partial charge in [-0.3, -0.25) is 14.2 Å². The molecule has 0 radical (unpaired) electrons. The Hall–Kier alpha value is -1.79. The smallest absolute Gasteiger partial charge is 0.259 e. The van der Waals surface area contributed by atoms with Gasteiger partial charge in [-0.1, -0.05) is 24.0 Å². The fourth-order valence-corrected chi connectivity index (χ4v) is 1.94. The molecule has 0 saturated heterocycles. The van der Waals surface area contributed by atoms with Crippen LogP contribution in [0.15, 0.2) is 24.3 Å². The van der Waals surface area contributed by atoms with Crippen molar-refractivity contribution in [3.05, 3.63) is 29.8 Å². The third kappa shape index (κ3) is 6.08. The van der Waals surface area contributed by atoms with Crippen LogP contribution in [0.25, 0.3) is 0 Å². The molecular weight excluding hydrogens is 260 g/mol. The molecule has 4 nitrogen and oxygen atoms in total. The second-order valence-electron chi connectivity index (χ2n) is 3.92. The van der Waals surface area contributed by atoms with E-state index in [0.29, 0.717) is 18.8 Å². The van der Waals surface area contributed by atoms with E-state index >= 15 is 0 Å². The van der Waals surface area contributed by atoms with Crippen LogP contribution in [0.4, 0.5) is 5.69 Å². The van der Waals surface area contributed by atoms with Gasteiger partial charge < -0.3 is 0 Å². The number of nitrogens with zero attached hydrogens (tertiary/aromatic N) is 1. The number of benzene rings is 1. The Morgan fingerprint density at radius 2 is 1.79 bits per heavy atom. The van der Waals surface area contributed by atoms with Crippen molar-refractivity contribution in [1.82, 2.24) is 4.90 Å². The van der Waals surface area contributed by atoms with Crippen molar-refractivity contribution in [1.29, 1.82) is 0 Å². The van der Waals surface area contributed by atoms with E-state index in [1.165, 1.54) is 0 Å². The van der Waals surface area contributed by atoms with Crippen molar-refractivity contribution in [2.45, 2.75) is 6.42 Å². The van der Waals surface area contributed by atoms with Crippen LogP contribution < -0.4 is 4.72 Å². The summed E-state index contributed by atoms with van der Waals surface area (Å²) in [5.41, 5.74) is 1.72. The van der Waals surface area contributed by atoms with Gasteiger partial charge in [0.1, 0.15) is 0 Å². The molecule has 2 N–H and O–H groups in total. The van der Waals surface area contributed by atoms with Crippen LogP contribution >= 0.6 is 0 Å². The standard InChI is InChI=1S/C14H16N2O2S/c1-3-10-16(11-4-2)12-9-13-5-7-14(8-6-13)15-19(17)18/h1-2,5-8,15H,9-12H2,(H,17,18). The molecule has 0 aliphatic carbocycles. The van der Waals surface area contributed by atoms with Crippen molar-refractivity contribution in [3.63, 3.8) is 0 Å². The van der Waals surface area contributed by atoms with E-state index < -0.39 is 11.3 Å². The third-order valence-corrected chi connectivity index (χ3v) is 2.92. The topological polar surface area (TPSA) is 52.6 Å². The van der Waals surface area contributed by atoms with Gasteiger partial charge in [-0.2, -0.15) is 0 Å². The van der Waals surface area contributed by atoms with Crippen molar-refractivity contribution in [2.75, 3.05) is 24.4 Å². The first-order valence-electron chi connectivity index (χ1n) is 5.71. The molecule has 1 aromatic rings. The fourth-order valence-electron chi connectivity index (χ4n) is 1.60. The lowest BCUT2D eigenvalue weighted by Crippen LogP contribution is -2.26. The van der Waals surface area contributed by atoms with Gasteiger partial charge in [0, 0.05) is 12.2 Å². The van der Waals surface area contributed by atoms with Gasteiger partial charge in [-0.05, 0) is 24.1 Å². The molecule has 0 aliphatic heterocycles. The first-order chi connectivity index (χ1) is 9.15. The van der Waals surface area contributed by atoms with E-state index in [1.807, 2.05) is 17.0 Å². The Morgan fingerprint density at radius 1 is 1.21 bits per heavy atom. The summed E-state index contributed by atoms with van der Waals surface area (Å²) in [5, 5.41) is 0. The van der Waals surface area contributed by atoms with Gasteiger partial charge in [0.05, 0.1) is 13.1 Å². The predicted molar refractivity (Wildman–Crippen MR) is 78.6 cm³/mol. The van der Waals surface area contributed by atoms with Crippen LogP contribution in [0.3, 0.4) is 0 Å². The second kappa shape index (κ2) is 8.34. The summed E-state index contributed by atoms with van der Waals surface area (Å²) in [5.74, 6) is 5.16. The molecule has 0 amide bonds. The highest BCUT2D eigenvalue weighted by molar-refractivity contribution is 7.80. The van der Waals surface area contributed by atoms with Crippen LogP contribution in [0.5, 0.6) is 0 Å². The molecule has 1 aromatic carbocycles. The zero-order valence-corrected chi connectivity index (χ0v) is 11.3. The van der Waals surface area contributed by atoms with Crippen molar-refractivity contribution >= 4 is 17.0 Å². The summed E-state index contributed by atoms with van der Waals surface area (Å²) in [7, 11) is 0. The molecule has 0 bridgehead atoms. The second-order valence-corrected chi connectivity index (χ2v) is 4.62. The summed E-state index contributed by atoms with van der Waals surface area (Å²) in [4.78, 5) is 2.01. The Balaban J connectivity index is 2.51. The van der Waals surface area contributed by atoms with E-state index in [2.05, 4.69) is 16.6 Å². The van der Waals surface area contributed by atoms with E-state index in [4.69, 9.17) is 17.4 Å². The lowest BCUT2D eigenvalue weighted by molar-refractivity contribution is 0.350. The number of hydrogen-bond donors (Lipinski definition) is 2. The minimum atomic E-state index is -2.04. The first-order valence-corrected chi connectivity index (χ1v) is 6.82. The molecule has 19 heavy (non-hydrogen) atoms. The maximum Gasteiger partial charge on any atom is 0.259 e. The Kier molecular flexibility index (Phi) is 6.70. The number of terminal acetylenes is 2. The molecule has 1 atom stereocenters. The normalized spacial score (nSPS) is 11.6. The Morgan fingerprint density at radius 3 is 2.26 bits per heavy atom. The summed E-state index contributed by atoms with van der Waals surface area (Å²) < 4.78 is 21.7. The van der Waals surface area contributed by atoms with E-state index in [9.17, 15) is 4.21 Å². The average molecular weight is 276 g/mol. The van der Waals surface area contributed by atoms with Crippen molar-refractivity contribution in [3.8, 4) is 24.7 Å². The Labute approximate surface area is 116 Å². The van der Waals surface area contributed by atoms with E-state index in [-0.39, 0.29) is 0 Å². The van der Waals surface area contributed by atoms with Crippen LogP contribution in [0.2, 0.25) is 0 Å². The molecule has 0 aliphatic rings. The highest BCUT2D eigenvalue weighted by atomic mass is 32.2. The maximum absolute atomic E-state index is 10.6. The van der Waals surface area contributed by atoms with Crippen molar-refractivity contribution in [2.24, 2.45) is 0 Å². The molecular formula is C14H16N2O2S. The molecule has 0 saturated carbocycles. The number of hydrogen-bond acceptors (Lipinski definition) is 2. The zero-order valence-electron chi connectivity index (χ0n) is 10.5. The monoisotopic (exact) mass is 276 g/mol. The minimum absolute atomic E-state index is 0.535. The summed E-state index contributed by atoms with van der Waals surface area (Å²) in [6, 6.07) is 7.32. The van der Waals surface area contributed by atoms with Gasteiger partial charge in [0.2, 0.25) is 0 Å². The SMILES string of the molecule is C#CCN(CC#C)CCc1ccc(NS(=O)O)cc1. The molecule has 100 valence electrons. The molecule has 0 heterocycles. The van der Waals surface area contributed by atoms with Gasteiger partial charge in [0.25, 0.3) is 11.3 Å². The largest absolute Gasteiger partial charge is 0.289 e. The molecule has 0 fully saturated rings. The number of anilines is 1. The molecule has 0 spiro atoms. The van der Waals surface area contributed by atoms with Gasteiger partial charge in [-0.25, -0.2) is 4.21 Å². The summed E-state index contributed by atoms with van der Waals surface area (Å²) in [6.45, 7) is 1.85. The summed E-state index contributed by atoms with van der Waals surface area (Å²) in [6.07, 6.45) is 11.4. The van der Waals surface area contributed by atoms with Crippen LogP contribution in [0, 0.1) is 24.7 Å².